The third kappa shape index (κ3) is 3.85. The topological polar surface area (TPSA) is 52.6 Å². The van der Waals surface area contributed by atoms with Gasteiger partial charge in [-0.3, -0.25) is 0 Å². The number of nitrogens with one attached hydrogen (secondary N) is 1. The smallest absolute Gasteiger partial charge is 0.317 e. The van der Waals surface area contributed by atoms with Crippen LogP contribution in [0.5, 0.6) is 0 Å². The lowest BCUT2D eigenvalue weighted by atomic mass is 9.67. The zero-order valence-electron chi connectivity index (χ0n) is 12.5. The van der Waals surface area contributed by atoms with E-state index in [-0.39, 0.29) is 17.7 Å². The molecule has 0 radical (unpaired) electrons. The van der Waals surface area contributed by atoms with E-state index in [0.29, 0.717) is 5.41 Å². The van der Waals surface area contributed by atoms with Crippen LogP contribution in [0.15, 0.2) is 0 Å². The van der Waals surface area contributed by atoms with Crippen LogP contribution in [0.1, 0.15) is 59.3 Å². The van der Waals surface area contributed by atoms with E-state index in [4.69, 9.17) is 0 Å². The third-order valence-corrected chi connectivity index (χ3v) is 4.61. The van der Waals surface area contributed by atoms with Crippen molar-refractivity contribution in [1.29, 1.82) is 0 Å². The summed E-state index contributed by atoms with van der Waals surface area (Å²) in [5, 5.41) is 12.7. The molecule has 0 atom stereocenters. The third-order valence-electron chi connectivity index (χ3n) is 4.61. The SMILES string of the molecule is CC(C)(C)NC(=O)N1CCC2(CCC(O)CC2)CC1. The molecule has 0 bridgehead atoms. The van der Waals surface area contributed by atoms with Crippen LogP contribution < -0.4 is 5.32 Å². The number of likely N-dealkylation sites (tertiary alicyclic amines) is 1. The van der Waals surface area contributed by atoms with Gasteiger partial charge in [0.05, 0.1) is 6.10 Å². The molecular weight excluding hydrogens is 240 g/mol. The lowest BCUT2D eigenvalue weighted by molar-refractivity contribution is 0.0245. The van der Waals surface area contributed by atoms with Gasteiger partial charge in [-0.05, 0) is 64.7 Å². The highest BCUT2D eigenvalue weighted by atomic mass is 16.3. The summed E-state index contributed by atoms with van der Waals surface area (Å²) in [6.45, 7) is 7.76. The summed E-state index contributed by atoms with van der Waals surface area (Å²) in [5.41, 5.74) is 0.235. The second-order valence-corrected chi connectivity index (χ2v) is 7.40. The number of amides is 2. The summed E-state index contributed by atoms with van der Waals surface area (Å²) in [6, 6.07) is 0.0678. The van der Waals surface area contributed by atoms with Crippen LogP contribution in [0.2, 0.25) is 0 Å². The number of nitrogens with zero attached hydrogens (tertiary/aromatic N) is 1. The fraction of sp³-hybridized carbons (Fsp3) is 0.933. The molecule has 0 aromatic rings. The van der Waals surface area contributed by atoms with E-state index in [2.05, 4.69) is 5.32 Å². The molecule has 0 unspecified atom stereocenters. The van der Waals surface area contributed by atoms with Gasteiger partial charge in [0.15, 0.2) is 0 Å². The first kappa shape index (κ1) is 14.6. The normalized spacial score (nSPS) is 24.5. The van der Waals surface area contributed by atoms with Gasteiger partial charge in [-0.25, -0.2) is 4.79 Å². The molecule has 1 heterocycles. The van der Waals surface area contributed by atoms with Gasteiger partial charge in [0.2, 0.25) is 0 Å². The molecule has 4 heteroatoms. The number of hydrogen-bond donors (Lipinski definition) is 2. The highest BCUT2D eigenvalue weighted by Crippen LogP contribution is 2.44. The fourth-order valence-corrected chi connectivity index (χ4v) is 3.30. The number of aliphatic hydroxyl groups is 1. The van der Waals surface area contributed by atoms with E-state index in [1.807, 2.05) is 25.7 Å². The van der Waals surface area contributed by atoms with E-state index in [1.165, 1.54) is 0 Å². The minimum absolute atomic E-state index is 0.0678. The van der Waals surface area contributed by atoms with Gasteiger partial charge in [-0.1, -0.05) is 0 Å². The molecule has 1 saturated heterocycles. The summed E-state index contributed by atoms with van der Waals surface area (Å²) in [4.78, 5) is 14.1. The largest absolute Gasteiger partial charge is 0.393 e. The Morgan fingerprint density at radius 2 is 1.68 bits per heavy atom. The monoisotopic (exact) mass is 268 g/mol. The Kier molecular flexibility index (Phi) is 4.09. The number of rotatable bonds is 0. The van der Waals surface area contributed by atoms with Crippen LogP contribution in [0.3, 0.4) is 0 Å². The van der Waals surface area contributed by atoms with Crippen molar-refractivity contribution in [3.63, 3.8) is 0 Å². The van der Waals surface area contributed by atoms with E-state index >= 15 is 0 Å². The van der Waals surface area contributed by atoms with Gasteiger partial charge in [0, 0.05) is 18.6 Å². The Morgan fingerprint density at radius 1 is 1.16 bits per heavy atom. The molecule has 2 aliphatic rings. The van der Waals surface area contributed by atoms with Crippen LogP contribution in [0.25, 0.3) is 0 Å². The summed E-state index contributed by atoms with van der Waals surface area (Å²) in [5.74, 6) is 0. The van der Waals surface area contributed by atoms with E-state index < -0.39 is 0 Å². The predicted octanol–water partition coefficient (Wildman–Crippen LogP) is 2.51. The summed E-state index contributed by atoms with van der Waals surface area (Å²) >= 11 is 0. The van der Waals surface area contributed by atoms with Crippen molar-refractivity contribution < 1.29 is 9.90 Å². The number of carbonyl (C=O) groups is 1. The van der Waals surface area contributed by atoms with Crippen LogP contribution in [-0.4, -0.2) is 40.8 Å². The average Bonchev–Trinajstić information content (AvgIpc) is 2.32. The van der Waals surface area contributed by atoms with E-state index in [1.54, 1.807) is 0 Å². The lowest BCUT2D eigenvalue weighted by Gasteiger charge is -2.45. The molecule has 0 aromatic heterocycles. The summed E-state index contributed by atoms with van der Waals surface area (Å²) in [7, 11) is 0. The van der Waals surface area contributed by atoms with Gasteiger partial charge in [0.25, 0.3) is 0 Å². The number of carbonyl (C=O) groups excluding carboxylic acids is 1. The molecule has 0 aromatic carbocycles. The number of aliphatic hydroxyl groups excluding tert-OH is 1. The summed E-state index contributed by atoms with van der Waals surface area (Å²) in [6.07, 6.45) is 6.23. The van der Waals surface area contributed by atoms with Gasteiger partial charge >= 0.3 is 6.03 Å². The van der Waals surface area contributed by atoms with Crippen molar-refractivity contribution in [3.05, 3.63) is 0 Å². The van der Waals surface area contributed by atoms with Crippen LogP contribution in [-0.2, 0) is 0 Å². The Bertz CT molecular complexity index is 318. The first-order valence-electron chi connectivity index (χ1n) is 7.55. The molecule has 2 amide bonds. The summed E-state index contributed by atoms with van der Waals surface area (Å²) < 4.78 is 0. The molecule has 1 aliphatic heterocycles. The number of piperidine rings is 1. The molecule has 19 heavy (non-hydrogen) atoms. The Hall–Kier alpha value is -0.770. The molecule has 1 spiro atoms. The van der Waals surface area contributed by atoms with E-state index in [9.17, 15) is 9.90 Å². The molecule has 110 valence electrons. The maximum absolute atomic E-state index is 12.1. The van der Waals surface area contributed by atoms with Crippen molar-refractivity contribution in [2.45, 2.75) is 70.9 Å². The van der Waals surface area contributed by atoms with Crippen molar-refractivity contribution in [1.82, 2.24) is 10.2 Å². The maximum atomic E-state index is 12.1. The van der Waals surface area contributed by atoms with Crippen LogP contribution >= 0.6 is 0 Å². The first-order chi connectivity index (χ1) is 8.80. The molecule has 4 nitrogen and oxygen atoms in total. The Balaban J connectivity index is 1.84. The Morgan fingerprint density at radius 3 is 2.16 bits per heavy atom. The molecular formula is C15H28N2O2. The quantitative estimate of drug-likeness (QED) is 0.709. The highest BCUT2D eigenvalue weighted by molar-refractivity contribution is 5.75. The van der Waals surface area contributed by atoms with Gasteiger partial charge in [-0.2, -0.15) is 0 Å². The highest BCUT2D eigenvalue weighted by Gasteiger charge is 2.38. The average molecular weight is 268 g/mol. The zero-order chi connectivity index (χ0) is 14.1. The molecule has 1 aliphatic carbocycles. The van der Waals surface area contributed by atoms with Crippen molar-refractivity contribution in [3.8, 4) is 0 Å². The van der Waals surface area contributed by atoms with Crippen molar-refractivity contribution >= 4 is 6.03 Å². The first-order valence-corrected chi connectivity index (χ1v) is 7.55. The Labute approximate surface area is 116 Å². The van der Waals surface area contributed by atoms with Crippen molar-refractivity contribution in [2.24, 2.45) is 5.41 Å². The van der Waals surface area contributed by atoms with Gasteiger partial charge < -0.3 is 15.3 Å². The van der Waals surface area contributed by atoms with Crippen molar-refractivity contribution in [2.75, 3.05) is 13.1 Å². The zero-order valence-corrected chi connectivity index (χ0v) is 12.5. The lowest BCUT2D eigenvalue weighted by Crippen LogP contribution is -2.52. The van der Waals surface area contributed by atoms with E-state index in [0.717, 1.165) is 51.6 Å². The fourth-order valence-electron chi connectivity index (χ4n) is 3.30. The van der Waals surface area contributed by atoms with Gasteiger partial charge in [0.1, 0.15) is 0 Å². The van der Waals surface area contributed by atoms with Crippen LogP contribution in [0.4, 0.5) is 4.79 Å². The van der Waals surface area contributed by atoms with Gasteiger partial charge in [-0.15, -0.1) is 0 Å². The molecule has 1 saturated carbocycles. The van der Waals surface area contributed by atoms with Crippen LogP contribution in [0, 0.1) is 5.41 Å². The standard InChI is InChI=1S/C15H28N2O2/c1-14(2,3)16-13(19)17-10-8-15(9-11-17)6-4-12(18)5-7-15/h12,18H,4-11H2,1-3H3,(H,16,19). The minimum atomic E-state index is -0.166. The predicted molar refractivity (Wildman–Crippen MR) is 76.0 cm³/mol. The number of hydrogen-bond acceptors (Lipinski definition) is 2. The maximum Gasteiger partial charge on any atom is 0.317 e. The minimum Gasteiger partial charge on any atom is -0.393 e. The second kappa shape index (κ2) is 5.31. The molecule has 2 fully saturated rings. The number of urea groups is 1. The second-order valence-electron chi connectivity index (χ2n) is 7.40. The molecule has 2 N–H and O–H groups in total. The molecule has 2 rings (SSSR count).